The molecule has 0 amide bonds. The Hall–Kier alpha value is -2.73. The van der Waals surface area contributed by atoms with Crippen LogP contribution in [0, 0.1) is 0 Å². The van der Waals surface area contributed by atoms with Crippen molar-refractivity contribution in [1.29, 1.82) is 0 Å². The van der Waals surface area contributed by atoms with Crippen molar-refractivity contribution < 1.29 is 24.1 Å². The van der Waals surface area contributed by atoms with Crippen molar-refractivity contribution in [2.45, 2.75) is 32.4 Å². The van der Waals surface area contributed by atoms with Crippen molar-refractivity contribution in [3.05, 3.63) is 54.1 Å². The number of nitrogens with one attached hydrogen (secondary N) is 1. The summed E-state index contributed by atoms with van der Waals surface area (Å²) < 4.78 is 16.4. The zero-order valence-electron chi connectivity index (χ0n) is 16.0. The largest absolute Gasteiger partial charge is 0.497 e. The SMILES string of the molecule is COc1ccc(OCCCNCc2cccc(OC(C)(C)C(=O)O)c2)cc1. The van der Waals surface area contributed by atoms with E-state index in [0.717, 1.165) is 30.0 Å². The monoisotopic (exact) mass is 373 g/mol. The molecule has 0 radical (unpaired) electrons. The lowest BCUT2D eigenvalue weighted by Crippen LogP contribution is -2.37. The van der Waals surface area contributed by atoms with Gasteiger partial charge in [-0.15, -0.1) is 0 Å². The van der Waals surface area contributed by atoms with Gasteiger partial charge in [0.05, 0.1) is 13.7 Å². The molecule has 0 heterocycles. The first kappa shape index (κ1) is 20.6. The fourth-order valence-electron chi connectivity index (χ4n) is 2.35. The standard InChI is InChI=1S/C21H27NO5/c1-21(2,20(23)24)27-19-7-4-6-16(14-19)15-22-12-5-13-26-18-10-8-17(25-3)9-11-18/h4,6-11,14,22H,5,12-13,15H2,1-3H3,(H,23,24). The maximum atomic E-state index is 11.2. The van der Waals surface area contributed by atoms with Gasteiger partial charge in [0.25, 0.3) is 0 Å². The number of methoxy groups -OCH3 is 1. The minimum Gasteiger partial charge on any atom is -0.497 e. The van der Waals surface area contributed by atoms with Gasteiger partial charge in [-0.1, -0.05) is 12.1 Å². The number of ether oxygens (including phenoxy) is 3. The second-order valence-corrected chi connectivity index (χ2v) is 6.62. The van der Waals surface area contributed by atoms with E-state index in [-0.39, 0.29) is 0 Å². The molecule has 0 saturated heterocycles. The molecule has 0 spiro atoms. The van der Waals surface area contributed by atoms with E-state index >= 15 is 0 Å². The molecule has 0 aliphatic rings. The summed E-state index contributed by atoms with van der Waals surface area (Å²) in [6, 6.07) is 15.0. The van der Waals surface area contributed by atoms with Crippen LogP contribution in [0.2, 0.25) is 0 Å². The Morgan fingerprint density at radius 2 is 1.78 bits per heavy atom. The van der Waals surface area contributed by atoms with Crippen LogP contribution in [0.25, 0.3) is 0 Å². The summed E-state index contributed by atoms with van der Waals surface area (Å²) in [4.78, 5) is 11.2. The maximum absolute atomic E-state index is 11.2. The first-order valence-corrected chi connectivity index (χ1v) is 8.89. The van der Waals surface area contributed by atoms with Crippen molar-refractivity contribution in [3.8, 4) is 17.2 Å². The fraction of sp³-hybridized carbons (Fsp3) is 0.381. The molecule has 27 heavy (non-hydrogen) atoms. The molecule has 6 nitrogen and oxygen atoms in total. The number of hydrogen-bond donors (Lipinski definition) is 2. The van der Waals surface area contributed by atoms with Crippen molar-refractivity contribution in [2.24, 2.45) is 0 Å². The summed E-state index contributed by atoms with van der Waals surface area (Å²) in [7, 11) is 1.64. The van der Waals surface area contributed by atoms with Crippen LogP contribution in [0.5, 0.6) is 17.2 Å². The van der Waals surface area contributed by atoms with Crippen molar-refractivity contribution in [1.82, 2.24) is 5.32 Å². The minimum absolute atomic E-state index is 0.546. The second-order valence-electron chi connectivity index (χ2n) is 6.62. The first-order chi connectivity index (χ1) is 12.9. The van der Waals surface area contributed by atoms with Gasteiger partial charge in [0.2, 0.25) is 0 Å². The van der Waals surface area contributed by atoms with Gasteiger partial charge in [-0.05, 0) is 68.8 Å². The average molecular weight is 373 g/mol. The van der Waals surface area contributed by atoms with E-state index in [1.807, 2.05) is 42.5 Å². The number of carboxylic acids is 1. The molecule has 0 aliphatic heterocycles. The van der Waals surface area contributed by atoms with Crippen LogP contribution < -0.4 is 19.5 Å². The fourth-order valence-corrected chi connectivity index (χ4v) is 2.35. The van der Waals surface area contributed by atoms with Crippen LogP contribution >= 0.6 is 0 Å². The smallest absolute Gasteiger partial charge is 0.347 e. The van der Waals surface area contributed by atoms with Gasteiger partial charge in [0, 0.05) is 6.54 Å². The van der Waals surface area contributed by atoms with E-state index in [4.69, 9.17) is 19.3 Å². The first-order valence-electron chi connectivity index (χ1n) is 8.89. The molecule has 0 aliphatic carbocycles. The Kier molecular flexibility index (Phi) is 7.49. The van der Waals surface area contributed by atoms with Crippen LogP contribution in [0.4, 0.5) is 0 Å². The number of carboxylic acid groups (broad SMARTS) is 1. The topological polar surface area (TPSA) is 77.0 Å². The lowest BCUT2D eigenvalue weighted by molar-refractivity contribution is -0.152. The van der Waals surface area contributed by atoms with E-state index in [1.54, 1.807) is 13.2 Å². The van der Waals surface area contributed by atoms with Gasteiger partial charge in [-0.2, -0.15) is 0 Å². The highest BCUT2D eigenvalue weighted by atomic mass is 16.5. The summed E-state index contributed by atoms with van der Waals surface area (Å²) in [6.07, 6.45) is 0.869. The Labute approximate surface area is 160 Å². The predicted molar refractivity (Wildman–Crippen MR) is 104 cm³/mol. The van der Waals surface area contributed by atoms with E-state index in [0.29, 0.717) is 18.9 Å². The molecule has 0 bridgehead atoms. The highest BCUT2D eigenvalue weighted by molar-refractivity contribution is 5.76. The maximum Gasteiger partial charge on any atom is 0.347 e. The molecule has 2 aromatic rings. The molecular weight excluding hydrogens is 346 g/mol. The van der Waals surface area contributed by atoms with Crippen molar-refractivity contribution in [3.63, 3.8) is 0 Å². The quantitative estimate of drug-likeness (QED) is 0.587. The number of aliphatic carboxylic acids is 1. The lowest BCUT2D eigenvalue weighted by atomic mass is 10.1. The summed E-state index contributed by atoms with van der Waals surface area (Å²) in [5.74, 6) is 1.18. The highest BCUT2D eigenvalue weighted by Crippen LogP contribution is 2.20. The molecule has 0 saturated carbocycles. The van der Waals surface area contributed by atoms with Crippen LogP contribution in [0.3, 0.4) is 0 Å². The summed E-state index contributed by atoms with van der Waals surface area (Å²) >= 11 is 0. The Morgan fingerprint density at radius 1 is 1.07 bits per heavy atom. The third-order valence-corrected chi connectivity index (χ3v) is 3.94. The molecule has 146 valence electrons. The van der Waals surface area contributed by atoms with Crippen molar-refractivity contribution >= 4 is 5.97 Å². The Balaban J connectivity index is 1.69. The Morgan fingerprint density at radius 3 is 2.44 bits per heavy atom. The molecule has 2 N–H and O–H groups in total. The molecular formula is C21H27NO5. The van der Waals surface area contributed by atoms with Crippen LogP contribution in [-0.4, -0.2) is 36.9 Å². The van der Waals surface area contributed by atoms with Crippen molar-refractivity contribution in [2.75, 3.05) is 20.3 Å². The average Bonchev–Trinajstić information content (AvgIpc) is 2.65. The Bertz CT molecular complexity index is 728. The number of benzene rings is 2. The van der Waals surface area contributed by atoms with Gasteiger partial charge in [0.1, 0.15) is 17.2 Å². The zero-order valence-corrected chi connectivity index (χ0v) is 16.0. The summed E-state index contributed by atoms with van der Waals surface area (Å²) in [5.41, 5.74) is -0.227. The molecule has 0 aromatic heterocycles. The highest BCUT2D eigenvalue weighted by Gasteiger charge is 2.29. The van der Waals surface area contributed by atoms with Gasteiger partial charge in [-0.3, -0.25) is 0 Å². The lowest BCUT2D eigenvalue weighted by Gasteiger charge is -2.21. The molecule has 0 atom stereocenters. The normalized spacial score (nSPS) is 11.1. The molecule has 6 heteroatoms. The van der Waals surface area contributed by atoms with Crippen LogP contribution in [0.15, 0.2) is 48.5 Å². The molecule has 2 rings (SSSR count). The zero-order chi connectivity index (χ0) is 19.7. The van der Waals surface area contributed by atoms with Gasteiger partial charge >= 0.3 is 5.97 Å². The summed E-state index contributed by atoms with van der Waals surface area (Å²) in [5, 5.41) is 12.5. The summed E-state index contributed by atoms with van der Waals surface area (Å²) in [6.45, 7) is 5.16. The van der Waals surface area contributed by atoms with E-state index in [2.05, 4.69) is 5.32 Å². The van der Waals surface area contributed by atoms with Gasteiger partial charge in [-0.25, -0.2) is 4.79 Å². The van der Waals surface area contributed by atoms with Crippen LogP contribution in [0.1, 0.15) is 25.8 Å². The van der Waals surface area contributed by atoms with Gasteiger partial charge in [0.15, 0.2) is 5.60 Å². The minimum atomic E-state index is -1.26. The molecule has 2 aromatic carbocycles. The third kappa shape index (κ3) is 6.83. The second kappa shape index (κ2) is 9.83. The number of hydrogen-bond acceptors (Lipinski definition) is 5. The van der Waals surface area contributed by atoms with Crippen LogP contribution in [-0.2, 0) is 11.3 Å². The van der Waals surface area contributed by atoms with E-state index in [1.165, 1.54) is 13.8 Å². The molecule has 0 fully saturated rings. The van der Waals surface area contributed by atoms with E-state index in [9.17, 15) is 4.79 Å². The number of carbonyl (C=O) groups is 1. The number of rotatable bonds is 11. The third-order valence-electron chi connectivity index (χ3n) is 3.94. The predicted octanol–water partition coefficient (Wildman–Crippen LogP) is 3.50. The molecule has 0 unspecified atom stereocenters. The van der Waals surface area contributed by atoms with E-state index < -0.39 is 11.6 Å². The van der Waals surface area contributed by atoms with Gasteiger partial charge < -0.3 is 24.6 Å².